The summed E-state index contributed by atoms with van der Waals surface area (Å²) in [5.41, 5.74) is 1.17. The largest absolute Gasteiger partial charge is 0.495 e. The molecule has 1 unspecified atom stereocenters. The zero-order chi connectivity index (χ0) is 17.8. The van der Waals surface area contributed by atoms with Gasteiger partial charge in [0.15, 0.2) is 6.10 Å². The minimum absolute atomic E-state index is 0.210. The summed E-state index contributed by atoms with van der Waals surface area (Å²) in [6, 6.07) is 15.2. The highest BCUT2D eigenvalue weighted by Crippen LogP contribution is 2.31. The van der Waals surface area contributed by atoms with Crippen LogP contribution in [0.2, 0.25) is 0 Å². The molecule has 2 atom stereocenters. The molecule has 1 heterocycles. The smallest absolute Gasteiger partial charge is 0.254 e. The van der Waals surface area contributed by atoms with Gasteiger partial charge in [0.1, 0.15) is 11.8 Å². The number of nitrogens with one attached hydrogen (secondary N) is 1. The second kappa shape index (κ2) is 7.36. The fourth-order valence-corrected chi connectivity index (χ4v) is 2.94. The van der Waals surface area contributed by atoms with Gasteiger partial charge in [0.25, 0.3) is 5.91 Å². The quantitative estimate of drug-likeness (QED) is 0.867. The molecule has 6 nitrogen and oxygen atoms in total. The van der Waals surface area contributed by atoms with Crippen molar-refractivity contribution in [2.45, 2.75) is 18.6 Å². The van der Waals surface area contributed by atoms with E-state index in [1.54, 1.807) is 54.5 Å². The number of benzene rings is 2. The van der Waals surface area contributed by atoms with Crippen LogP contribution in [-0.2, 0) is 9.59 Å². The van der Waals surface area contributed by atoms with Crippen molar-refractivity contribution < 1.29 is 19.4 Å². The van der Waals surface area contributed by atoms with Gasteiger partial charge in [-0.15, -0.1) is 0 Å². The van der Waals surface area contributed by atoms with E-state index in [1.807, 2.05) is 12.1 Å². The van der Waals surface area contributed by atoms with E-state index in [0.717, 1.165) is 0 Å². The highest BCUT2D eigenvalue weighted by molar-refractivity contribution is 6.02. The van der Waals surface area contributed by atoms with Crippen LogP contribution in [0, 0.1) is 0 Å². The number of hydrogen-bond donors (Lipinski definition) is 2. The molecule has 25 heavy (non-hydrogen) atoms. The first-order valence-electron chi connectivity index (χ1n) is 8.09. The topological polar surface area (TPSA) is 78.9 Å². The molecule has 2 N–H and O–H groups in total. The molecular formula is C19H20N2O4. The molecule has 0 radical (unpaired) electrons. The van der Waals surface area contributed by atoms with Crippen LogP contribution in [0.25, 0.3) is 0 Å². The average Bonchev–Trinajstić information content (AvgIpc) is 3.02. The van der Waals surface area contributed by atoms with Crippen molar-refractivity contribution in [1.29, 1.82) is 0 Å². The van der Waals surface area contributed by atoms with Crippen LogP contribution in [0.1, 0.15) is 18.1 Å². The van der Waals surface area contributed by atoms with Crippen LogP contribution >= 0.6 is 0 Å². The molecule has 2 aromatic rings. The van der Waals surface area contributed by atoms with E-state index in [2.05, 4.69) is 5.32 Å². The number of carbonyl (C=O) groups is 2. The average molecular weight is 340 g/mol. The van der Waals surface area contributed by atoms with Crippen molar-refractivity contribution >= 4 is 17.5 Å². The molecule has 1 aliphatic heterocycles. The SMILES string of the molecule is COc1ccccc1N1CCC(NC(=O)[C@@H](O)c2ccccc2)C1=O. The maximum atomic E-state index is 12.6. The molecule has 1 saturated heterocycles. The molecule has 0 aromatic heterocycles. The second-order valence-corrected chi connectivity index (χ2v) is 5.82. The van der Waals surface area contributed by atoms with Gasteiger partial charge in [-0.05, 0) is 24.1 Å². The standard InChI is InChI=1S/C19H20N2O4/c1-25-16-10-6-5-9-15(16)21-12-11-14(19(21)24)20-18(23)17(22)13-7-3-2-4-8-13/h2-10,14,17,22H,11-12H2,1H3,(H,20,23)/t14?,17-/m0/s1. The Morgan fingerprint density at radius 3 is 2.60 bits per heavy atom. The third kappa shape index (κ3) is 3.49. The number of anilines is 1. The number of aliphatic hydroxyl groups is 1. The molecule has 2 aromatic carbocycles. The molecule has 0 aliphatic carbocycles. The lowest BCUT2D eigenvalue weighted by atomic mass is 10.1. The highest BCUT2D eigenvalue weighted by atomic mass is 16.5. The minimum atomic E-state index is -1.30. The molecule has 2 amide bonds. The molecule has 130 valence electrons. The van der Waals surface area contributed by atoms with Crippen LogP contribution in [0.4, 0.5) is 5.69 Å². The molecule has 1 aliphatic rings. The number of hydrogen-bond acceptors (Lipinski definition) is 4. The molecule has 0 spiro atoms. The van der Waals surface area contributed by atoms with E-state index in [0.29, 0.717) is 30.0 Å². The Hall–Kier alpha value is -2.86. The summed E-state index contributed by atoms with van der Waals surface area (Å²) in [6.45, 7) is 0.478. The third-order valence-corrected chi connectivity index (χ3v) is 4.26. The van der Waals surface area contributed by atoms with Crippen LogP contribution in [0.5, 0.6) is 5.75 Å². The number of carbonyl (C=O) groups excluding carboxylic acids is 2. The zero-order valence-corrected chi connectivity index (χ0v) is 13.9. The van der Waals surface area contributed by atoms with E-state index >= 15 is 0 Å². The maximum absolute atomic E-state index is 12.6. The number of aliphatic hydroxyl groups excluding tert-OH is 1. The summed E-state index contributed by atoms with van der Waals surface area (Å²) in [5.74, 6) is -0.184. The van der Waals surface area contributed by atoms with Crippen molar-refractivity contribution in [1.82, 2.24) is 5.32 Å². The van der Waals surface area contributed by atoms with Crippen molar-refractivity contribution in [2.75, 3.05) is 18.6 Å². The van der Waals surface area contributed by atoms with E-state index < -0.39 is 18.1 Å². The lowest BCUT2D eigenvalue weighted by Crippen LogP contribution is -2.43. The van der Waals surface area contributed by atoms with Gasteiger partial charge in [-0.1, -0.05) is 42.5 Å². The van der Waals surface area contributed by atoms with Gasteiger partial charge < -0.3 is 20.1 Å². The van der Waals surface area contributed by atoms with Gasteiger partial charge in [0.05, 0.1) is 12.8 Å². The predicted octanol–water partition coefficient (Wildman–Crippen LogP) is 1.65. The van der Waals surface area contributed by atoms with E-state index in [-0.39, 0.29) is 5.91 Å². The highest BCUT2D eigenvalue weighted by Gasteiger charge is 2.35. The van der Waals surface area contributed by atoms with Crippen LogP contribution in [0.15, 0.2) is 54.6 Å². The lowest BCUT2D eigenvalue weighted by Gasteiger charge is -2.20. The fourth-order valence-electron chi connectivity index (χ4n) is 2.94. The summed E-state index contributed by atoms with van der Waals surface area (Å²) in [4.78, 5) is 26.5. The molecule has 0 bridgehead atoms. The normalized spacial score (nSPS) is 18.1. The second-order valence-electron chi connectivity index (χ2n) is 5.82. The van der Waals surface area contributed by atoms with Crippen LogP contribution < -0.4 is 15.0 Å². The maximum Gasteiger partial charge on any atom is 0.254 e. The van der Waals surface area contributed by atoms with Crippen molar-refractivity contribution in [3.8, 4) is 5.75 Å². The number of para-hydroxylation sites is 2. The molecular weight excluding hydrogens is 320 g/mol. The van der Waals surface area contributed by atoms with Gasteiger partial charge in [-0.2, -0.15) is 0 Å². The Balaban J connectivity index is 1.69. The molecule has 1 fully saturated rings. The van der Waals surface area contributed by atoms with Crippen molar-refractivity contribution in [3.63, 3.8) is 0 Å². The molecule has 0 saturated carbocycles. The van der Waals surface area contributed by atoms with Gasteiger partial charge in [0.2, 0.25) is 5.91 Å². The van der Waals surface area contributed by atoms with Crippen molar-refractivity contribution in [2.24, 2.45) is 0 Å². The van der Waals surface area contributed by atoms with E-state index in [4.69, 9.17) is 4.74 Å². The Kier molecular flexibility index (Phi) is 5.00. The monoisotopic (exact) mass is 340 g/mol. The minimum Gasteiger partial charge on any atom is -0.495 e. The molecule has 6 heteroatoms. The number of amides is 2. The summed E-state index contributed by atoms with van der Waals surface area (Å²) < 4.78 is 5.30. The summed E-state index contributed by atoms with van der Waals surface area (Å²) in [5, 5.41) is 12.8. The number of nitrogens with zero attached hydrogens (tertiary/aromatic N) is 1. The Bertz CT molecular complexity index is 763. The summed E-state index contributed by atoms with van der Waals surface area (Å²) in [6.07, 6.45) is -0.821. The Morgan fingerprint density at radius 1 is 1.20 bits per heavy atom. The first kappa shape index (κ1) is 17.0. The number of methoxy groups -OCH3 is 1. The Labute approximate surface area is 146 Å². The van der Waals surface area contributed by atoms with Crippen molar-refractivity contribution in [3.05, 3.63) is 60.2 Å². The zero-order valence-electron chi connectivity index (χ0n) is 13.9. The van der Waals surface area contributed by atoms with E-state index in [1.165, 1.54) is 0 Å². The third-order valence-electron chi connectivity index (χ3n) is 4.26. The first-order chi connectivity index (χ1) is 12.1. The predicted molar refractivity (Wildman–Crippen MR) is 93.3 cm³/mol. The van der Waals surface area contributed by atoms with Gasteiger partial charge >= 0.3 is 0 Å². The van der Waals surface area contributed by atoms with Crippen LogP contribution in [-0.4, -0.2) is 36.6 Å². The summed E-state index contributed by atoms with van der Waals surface area (Å²) >= 11 is 0. The first-order valence-corrected chi connectivity index (χ1v) is 8.09. The number of rotatable bonds is 5. The number of ether oxygens (including phenoxy) is 1. The van der Waals surface area contributed by atoms with Crippen LogP contribution in [0.3, 0.4) is 0 Å². The summed E-state index contributed by atoms with van der Waals surface area (Å²) in [7, 11) is 1.55. The van der Waals surface area contributed by atoms with Gasteiger partial charge in [0, 0.05) is 6.54 Å². The van der Waals surface area contributed by atoms with Gasteiger partial charge in [-0.3, -0.25) is 9.59 Å². The lowest BCUT2D eigenvalue weighted by molar-refractivity contribution is -0.132. The fraction of sp³-hybridized carbons (Fsp3) is 0.263. The van der Waals surface area contributed by atoms with E-state index in [9.17, 15) is 14.7 Å². The Morgan fingerprint density at radius 2 is 1.88 bits per heavy atom. The van der Waals surface area contributed by atoms with Gasteiger partial charge in [-0.25, -0.2) is 0 Å². The molecule has 3 rings (SSSR count).